The van der Waals surface area contributed by atoms with Gasteiger partial charge in [-0.15, -0.1) is 11.8 Å². The fourth-order valence-electron chi connectivity index (χ4n) is 3.11. The smallest absolute Gasteiger partial charge is 0.270 e. The zero-order chi connectivity index (χ0) is 23.5. The van der Waals surface area contributed by atoms with Gasteiger partial charge in [0.15, 0.2) is 5.78 Å². The van der Waals surface area contributed by atoms with Gasteiger partial charge in [-0.05, 0) is 36.2 Å². The summed E-state index contributed by atoms with van der Waals surface area (Å²) in [5.74, 6) is 0.364. The van der Waals surface area contributed by atoms with Gasteiger partial charge < -0.3 is 19.8 Å². The van der Waals surface area contributed by atoms with Crippen molar-refractivity contribution in [1.29, 1.82) is 0 Å². The minimum atomic E-state index is -1.24. The molecule has 2 aromatic carbocycles. The minimum Gasteiger partial charge on any atom is -0.468 e. The first-order valence-electron chi connectivity index (χ1n) is 10.4. The van der Waals surface area contributed by atoms with E-state index in [1.165, 1.54) is 18.9 Å². The molecule has 3 aromatic rings. The molecule has 1 heterocycles. The molecule has 1 aromatic heterocycles. The molecule has 0 saturated heterocycles. The van der Waals surface area contributed by atoms with E-state index in [1.54, 1.807) is 42.7 Å². The van der Waals surface area contributed by atoms with Gasteiger partial charge in [0.05, 0.1) is 23.8 Å². The van der Waals surface area contributed by atoms with Crippen LogP contribution >= 0.6 is 11.8 Å². The number of methoxy groups -OCH3 is 1. The third-order valence-electron chi connectivity index (χ3n) is 4.83. The molecule has 8 heteroatoms. The number of amides is 2. The van der Waals surface area contributed by atoms with Gasteiger partial charge in [-0.1, -0.05) is 48.5 Å². The highest BCUT2D eigenvalue weighted by atomic mass is 32.2. The Kier molecular flexibility index (Phi) is 9.29. The molecule has 1 unspecified atom stereocenters. The molecule has 3 rings (SSSR count). The summed E-state index contributed by atoms with van der Waals surface area (Å²) in [7, 11) is 1.32. The van der Waals surface area contributed by atoms with Crippen LogP contribution in [0.4, 0.5) is 0 Å². The predicted octanol–water partition coefficient (Wildman–Crippen LogP) is 3.21. The summed E-state index contributed by atoms with van der Waals surface area (Å²) in [5, 5.41) is 5.30. The molecule has 0 spiro atoms. The number of furan rings is 1. The van der Waals surface area contributed by atoms with Gasteiger partial charge in [0, 0.05) is 12.7 Å². The Morgan fingerprint density at radius 2 is 1.64 bits per heavy atom. The van der Waals surface area contributed by atoms with Crippen molar-refractivity contribution in [3.63, 3.8) is 0 Å². The van der Waals surface area contributed by atoms with E-state index in [-0.39, 0.29) is 11.5 Å². The van der Waals surface area contributed by atoms with Crippen LogP contribution in [0.1, 0.15) is 21.7 Å². The van der Waals surface area contributed by atoms with Gasteiger partial charge in [0.2, 0.25) is 6.23 Å². The predicted molar refractivity (Wildman–Crippen MR) is 127 cm³/mol. The number of carbonyl (C=O) groups excluding carboxylic acids is 3. The van der Waals surface area contributed by atoms with Gasteiger partial charge in [0.1, 0.15) is 5.76 Å². The lowest BCUT2D eigenvalue weighted by atomic mass is 10.0. The molecular weight excluding hydrogens is 440 g/mol. The van der Waals surface area contributed by atoms with Crippen LogP contribution in [0.3, 0.4) is 0 Å². The number of ether oxygens (including phenoxy) is 1. The number of nitrogens with one attached hydrogen (secondary N) is 2. The van der Waals surface area contributed by atoms with Crippen LogP contribution in [0.2, 0.25) is 0 Å². The number of thioether (sulfide) groups is 1. The van der Waals surface area contributed by atoms with Gasteiger partial charge in [-0.25, -0.2) is 0 Å². The SMILES string of the molecule is CO[C@H](NC(=O)c1ccccc1)C(=O)NC(Cc1ccccc1)C(=O)CSCc1ccco1. The molecule has 0 radical (unpaired) electrons. The van der Waals surface area contributed by atoms with E-state index in [9.17, 15) is 14.4 Å². The Bertz CT molecular complexity index is 1030. The highest BCUT2D eigenvalue weighted by Gasteiger charge is 2.27. The molecule has 0 aliphatic carbocycles. The van der Waals surface area contributed by atoms with Gasteiger partial charge in [0.25, 0.3) is 11.8 Å². The first-order valence-corrected chi connectivity index (χ1v) is 11.6. The second kappa shape index (κ2) is 12.6. The molecule has 2 N–H and O–H groups in total. The van der Waals surface area contributed by atoms with Crippen LogP contribution in [0.15, 0.2) is 83.5 Å². The molecule has 0 fully saturated rings. The summed E-state index contributed by atoms with van der Waals surface area (Å²) < 4.78 is 10.5. The highest BCUT2D eigenvalue weighted by molar-refractivity contribution is 7.99. The second-order valence-electron chi connectivity index (χ2n) is 7.24. The van der Waals surface area contributed by atoms with E-state index < -0.39 is 24.1 Å². The Morgan fingerprint density at radius 1 is 0.939 bits per heavy atom. The standard InChI is InChI=1S/C25H26N2O5S/c1-31-25(27-23(29)19-11-6-3-7-12-19)24(30)26-21(15-18-9-4-2-5-10-18)22(28)17-33-16-20-13-8-14-32-20/h2-14,21,25H,15-17H2,1H3,(H,26,30)(H,27,29)/t21?,25-/m0/s1. The Hall–Kier alpha value is -3.36. The van der Waals surface area contributed by atoms with E-state index in [4.69, 9.17) is 9.15 Å². The second-order valence-corrected chi connectivity index (χ2v) is 8.23. The topological polar surface area (TPSA) is 97.6 Å². The zero-order valence-electron chi connectivity index (χ0n) is 18.2. The molecule has 172 valence electrons. The average Bonchev–Trinajstić information content (AvgIpc) is 3.36. The number of hydrogen-bond acceptors (Lipinski definition) is 6. The molecule has 2 amide bonds. The number of carbonyl (C=O) groups is 3. The lowest BCUT2D eigenvalue weighted by Gasteiger charge is -2.22. The monoisotopic (exact) mass is 466 g/mol. The molecule has 2 atom stereocenters. The van der Waals surface area contributed by atoms with E-state index in [0.717, 1.165) is 11.3 Å². The molecular formula is C25H26N2O5S. The third-order valence-corrected chi connectivity index (χ3v) is 5.81. The number of Topliss-reactive ketones (excluding diaryl/α,β-unsaturated/α-hetero) is 1. The average molecular weight is 467 g/mol. The van der Waals surface area contributed by atoms with Crippen molar-refractivity contribution in [1.82, 2.24) is 10.6 Å². The van der Waals surface area contributed by atoms with E-state index in [1.807, 2.05) is 36.4 Å². The Labute approximate surface area is 196 Å². The van der Waals surface area contributed by atoms with Crippen LogP contribution in [-0.2, 0) is 26.5 Å². The summed E-state index contributed by atoms with van der Waals surface area (Å²) in [4.78, 5) is 38.3. The lowest BCUT2D eigenvalue weighted by Crippen LogP contribution is -2.53. The largest absolute Gasteiger partial charge is 0.468 e. The molecule has 0 aliphatic rings. The van der Waals surface area contributed by atoms with E-state index in [0.29, 0.717) is 17.7 Å². The van der Waals surface area contributed by atoms with Crippen LogP contribution < -0.4 is 10.6 Å². The van der Waals surface area contributed by atoms with Crippen molar-refractivity contribution in [2.45, 2.75) is 24.4 Å². The van der Waals surface area contributed by atoms with Crippen molar-refractivity contribution >= 4 is 29.4 Å². The van der Waals surface area contributed by atoms with Crippen LogP contribution in [0.5, 0.6) is 0 Å². The van der Waals surface area contributed by atoms with Crippen molar-refractivity contribution < 1.29 is 23.5 Å². The van der Waals surface area contributed by atoms with Crippen molar-refractivity contribution in [3.05, 3.63) is 95.9 Å². The first kappa shape index (κ1) is 24.3. The Balaban J connectivity index is 1.64. The number of ketones is 1. The summed E-state index contributed by atoms with van der Waals surface area (Å²) in [5.41, 5.74) is 1.31. The normalized spacial score (nSPS) is 12.5. The first-order chi connectivity index (χ1) is 16.1. The molecule has 33 heavy (non-hydrogen) atoms. The number of hydrogen-bond donors (Lipinski definition) is 2. The Morgan fingerprint density at radius 3 is 2.27 bits per heavy atom. The summed E-state index contributed by atoms with van der Waals surface area (Å²) >= 11 is 1.41. The van der Waals surface area contributed by atoms with Crippen molar-refractivity contribution in [3.8, 4) is 0 Å². The zero-order valence-corrected chi connectivity index (χ0v) is 19.0. The summed E-state index contributed by atoms with van der Waals surface area (Å²) in [6.07, 6.45) is 0.681. The van der Waals surface area contributed by atoms with E-state index in [2.05, 4.69) is 10.6 Å². The van der Waals surface area contributed by atoms with Crippen molar-refractivity contribution in [2.24, 2.45) is 0 Å². The van der Waals surface area contributed by atoms with Crippen LogP contribution in [0.25, 0.3) is 0 Å². The van der Waals surface area contributed by atoms with Gasteiger partial charge in [-0.2, -0.15) is 0 Å². The number of rotatable bonds is 12. The van der Waals surface area contributed by atoms with Crippen LogP contribution in [0, 0.1) is 0 Å². The maximum Gasteiger partial charge on any atom is 0.270 e. The summed E-state index contributed by atoms with van der Waals surface area (Å²) in [6, 6.07) is 20.8. The quantitative estimate of drug-likeness (QED) is 0.398. The molecule has 0 bridgehead atoms. The third kappa shape index (κ3) is 7.62. The van der Waals surface area contributed by atoms with Gasteiger partial charge >= 0.3 is 0 Å². The van der Waals surface area contributed by atoms with Gasteiger partial charge in [-0.3, -0.25) is 14.4 Å². The molecule has 0 saturated carbocycles. The van der Waals surface area contributed by atoms with E-state index >= 15 is 0 Å². The lowest BCUT2D eigenvalue weighted by molar-refractivity contribution is -0.135. The molecule has 7 nitrogen and oxygen atoms in total. The van der Waals surface area contributed by atoms with Crippen LogP contribution in [-0.4, -0.2) is 42.7 Å². The fraction of sp³-hybridized carbons (Fsp3) is 0.240. The summed E-state index contributed by atoms with van der Waals surface area (Å²) in [6.45, 7) is 0. The number of benzene rings is 2. The maximum atomic E-state index is 13.0. The minimum absolute atomic E-state index is 0.131. The fourth-order valence-corrected chi connectivity index (χ4v) is 3.98. The van der Waals surface area contributed by atoms with Crippen molar-refractivity contribution in [2.75, 3.05) is 12.9 Å². The maximum absolute atomic E-state index is 13.0. The highest BCUT2D eigenvalue weighted by Crippen LogP contribution is 2.14. The molecule has 0 aliphatic heterocycles.